The molecule has 4 aromatic rings. The van der Waals surface area contributed by atoms with Crippen LogP contribution in [-0.2, 0) is 4.74 Å². The number of ether oxygens (including phenoxy) is 3. The highest BCUT2D eigenvalue weighted by Crippen LogP contribution is 2.44. The number of hydrogen-bond acceptors (Lipinski definition) is 7. The van der Waals surface area contributed by atoms with E-state index < -0.39 is 12.2 Å². The zero-order valence-corrected chi connectivity index (χ0v) is 32.1. The lowest BCUT2D eigenvalue weighted by Crippen LogP contribution is -2.28. The van der Waals surface area contributed by atoms with Crippen LogP contribution in [0.2, 0.25) is 0 Å². The maximum atomic E-state index is 12.7. The van der Waals surface area contributed by atoms with Crippen molar-refractivity contribution in [1.82, 2.24) is 5.32 Å². The molecule has 0 bridgehead atoms. The van der Waals surface area contributed by atoms with Gasteiger partial charge in [0.05, 0.1) is 19.3 Å². The number of ketones is 1. The Morgan fingerprint density at radius 1 is 0.691 bits per heavy atom. The predicted octanol–water partition coefficient (Wildman–Crippen LogP) is 9.79. The van der Waals surface area contributed by atoms with Gasteiger partial charge in [-0.15, -0.1) is 0 Å². The van der Waals surface area contributed by atoms with Crippen molar-refractivity contribution in [2.45, 2.75) is 89.1 Å². The molecule has 0 heterocycles. The Morgan fingerprint density at radius 2 is 1.25 bits per heavy atom. The first kappa shape index (κ1) is 40.0. The topological polar surface area (TPSA) is 120 Å². The number of aliphatic hydroxyl groups excluding tert-OH is 1. The van der Waals surface area contributed by atoms with Crippen LogP contribution in [0.1, 0.15) is 116 Å². The van der Waals surface area contributed by atoms with Gasteiger partial charge in [-0.05, 0) is 103 Å². The predicted molar refractivity (Wildman–Crippen MR) is 218 cm³/mol. The third-order valence-corrected chi connectivity index (χ3v) is 11.2. The summed E-state index contributed by atoms with van der Waals surface area (Å²) in [7, 11) is 0. The Kier molecular flexibility index (Phi) is 15.2. The standard InChI is InChI=1S/C31H33NO4.C16H25NO2/c33-30(23-11-8-12-24(19-23)35-20-22-9-2-1-3-10-22)17-18-32-31(34)36-21-29-27-15-6-4-13-25(27)26-14-5-7-16-28(26)29;17-10-9-16(18)14-7-4-8-15(11-14)19-12-13-5-2-1-3-6-13/h4-8,11-16,19,22,29H,1-3,9-10,17-18,20-21H2,(H,32,34);4,7-8,11,13,16,18H,1-3,5-6,9-10,12,17H2. The molecule has 0 saturated heterocycles. The second-order valence-corrected chi connectivity index (χ2v) is 15.2. The van der Waals surface area contributed by atoms with Crippen molar-refractivity contribution in [2.24, 2.45) is 17.6 Å². The van der Waals surface area contributed by atoms with Crippen LogP contribution in [0.5, 0.6) is 11.5 Å². The van der Waals surface area contributed by atoms with Gasteiger partial charge >= 0.3 is 6.09 Å². The molecular formula is C47H58N2O6. The van der Waals surface area contributed by atoms with E-state index in [0.29, 0.717) is 37.0 Å². The van der Waals surface area contributed by atoms with Crippen LogP contribution in [0.3, 0.4) is 0 Å². The molecule has 3 aliphatic carbocycles. The Labute approximate surface area is 326 Å². The average molecular weight is 747 g/mol. The molecule has 1 amide bonds. The molecule has 0 aliphatic heterocycles. The van der Waals surface area contributed by atoms with Gasteiger partial charge in [0.25, 0.3) is 0 Å². The monoisotopic (exact) mass is 746 g/mol. The number of fused-ring (bicyclic) bond motifs is 3. The van der Waals surface area contributed by atoms with Gasteiger partial charge < -0.3 is 30.4 Å². The Balaban J connectivity index is 0.000000228. The zero-order valence-electron chi connectivity index (χ0n) is 32.1. The number of rotatable bonds is 15. The zero-order chi connectivity index (χ0) is 38.2. The number of amides is 1. The Morgan fingerprint density at radius 3 is 1.85 bits per heavy atom. The van der Waals surface area contributed by atoms with Crippen LogP contribution in [-0.4, -0.2) is 49.9 Å². The summed E-state index contributed by atoms with van der Waals surface area (Å²) in [6, 6.07) is 31.6. The summed E-state index contributed by atoms with van der Waals surface area (Å²) in [6.45, 7) is 2.49. The number of Topliss-reactive ketones (excluding diaryl/α,β-unsaturated/α-hetero) is 1. The second-order valence-electron chi connectivity index (χ2n) is 15.2. The summed E-state index contributed by atoms with van der Waals surface area (Å²) in [5.41, 5.74) is 11.7. The van der Waals surface area contributed by atoms with Gasteiger partial charge in [0.2, 0.25) is 0 Å². The fourth-order valence-corrected chi connectivity index (χ4v) is 8.10. The van der Waals surface area contributed by atoms with Gasteiger partial charge in [-0.2, -0.15) is 0 Å². The highest BCUT2D eigenvalue weighted by atomic mass is 16.5. The molecule has 8 heteroatoms. The first-order valence-corrected chi connectivity index (χ1v) is 20.4. The van der Waals surface area contributed by atoms with Crippen molar-refractivity contribution in [3.8, 4) is 22.6 Å². The van der Waals surface area contributed by atoms with Crippen molar-refractivity contribution in [1.29, 1.82) is 0 Å². The molecule has 2 saturated carbocycles. The van der Waals surface area contributed by atoms with E-state index in [2.05, 4.69) is 29.6 Å². The fourth-order valence-electron chi connectivity index (χ4n) is 8.10. The van der Waals surface area contributed by atoms with Gasteiger partial charge in [-0.1, -0.05) is 111 Å². The van der Waals surface area contributed by atoms with Crippen LogP contribution in [0.4, 0.5) is 4.79 Å². The number of alkyl carbamates (subject to hydrolysis) is 1. The van der Waals surface area contributed by atoms with E-state index in [-0.39, 0.29) is 31.3 Å². The minimum Gasteiger partial charge on any atom is -0.493 e. The number of carbonyl (C=O) groups is 2. The highest BCUT2D eigenvalue weighted by Gasteiger charge is 2.29. The normalized spacial score (nSPS) is 16.2. The molecular weight excluding hydrogens is 689 g/mol. The van der Waals surface area contributed by atoms with Crippen molar-refractivity contribution in [3.05, 3.63) is 119 Å². The minimum atomic E-state index is -0.505. The second kappa shape index (κ2) is 20.9. The van der Waals surface area contributed by atoms with Crippen LogP contribution in [0, 0.1) is 11.8 Å². The smallest absolute Gasteiger partial charge is 0.407 e. The molecule has 0 spiro atoms. The van der Waals surface area contributed by atoms with Gasteiger partial charge in [0, 0.05) is 24.4 Å². The number of hydrogen-bond donors (Lipinski definition) is 3. The first-order valence-electron chi connectivity index (χ1n) is 20.4. The summed E-state index contributed by atoms with van der Waals surface area (Å²) >= 11 is 0. The molecule has 292 valence electrons. The van der Waals surface area contributed by atoms with E-state index in [4.69, 9.17) is 19.9 Å². The number of nitrogens with two attached hydrogens (primary N) is 1. The molecule has 55 heavy (non-hydrogen) atoms. The maximum Gasteiger partial charge on any atom is 0.407 e. The highest BCUT2D eigenvalue weighted by molar-refractivity contribution is 5.96. The molecule has 4 aromatic carbocycles. The number of carbonyl (C=O) groups excluding carboxylic acids is 2. The number of aliphatic hydroxyl groups is 1. The van der Waals surface area contributed by atoms with Crippen molar-refractivity contribution >= 4 is 11.9 Å². The minimum absolute atomic E-state index is 0.0149. The van der Waals surface area contributed by atoms with E-state index in [0.717, 1.165) is 23.7 Å². The van der Waals surface area contributed by atoms with Crippen LogP contribution in [0.25, 0.3) is 11.1 Å². The SMILES string of the molecule is NCCC(O)c1cccc(OCC2CCCCC2)c1.O=C(NCCC(=O)c1cccc(OCC2CCCCC2)c1)OCC1c2ccccc2-c2ccccc21. The van der Waals surface area contributed by atoms with E-state index in [9.17, 15) is 14.7 Å². The third-order valence-electron chi connectivity index (χ3n) is 11.2. The molecule has 0 aromatic heterocycles. The van der Waals surface area contributed by atoms with E-state index in [1.54, 1.807) is 12.1 Å². The molecule has 1 unspecified atom stereocenters. The van der Waals surface area contributed by atoms with Gasteiger partial charge in [-0.3, -0.25) is 4.79 Å². The van der Waals surface area contributed by atoms with E-state index in [1.165, 1.54) is 86.5 Å². The Hall–Kier alpha value is -4.66. The third kappa shape index (κ3) is 11.7. The van der Waals surface area contributed by atoms with Crippen LogP contribution < -0.4 is 20.5 Å². The average Bonchev–Trinajstić information content (AvgIpc) is 3.56. The molecule has 8 nitrogen and oxygen atoms in total. The van der Waals surface area contributed by atoms with Crippen molar-refractivity contribution in [3.63, 3.8) is 0 Å². The molecule has 0 radical (unpaired) electrons. The lowest BCUT2D eigenvalue weighted by molar-refractivity contribution is 0.0980. The number of benzene rings is 4. The summed E-state index contributed by atoms with van der Waals surface area (Å²) < 4.78 is 17.4. The lowest BCUT2D eigenvalue weighted by atomic mass is 9.90. The van der Waals surface area contributed by atoms with E-state index >= 15 is 0 Å². The largest absolute Gasteiger partial charge is 0.493 e. The maximum absolute atomic E-state index is 12.7. The molecule has 3 aliphatic rings. The molecule has 2 fully saturated rings. The summed E-state index contributed by atoms with van der Waals surface area (Å²) in [5.74, 6) is 2.89. The lowest BCUT2D eigenvalue weighted by Gasteiger charge is -2.22. The summed E-state index contributed by atoms with van der Waals surface area (Å²) in [4.78, 5) is 25.0. The van der Waals surface area contributed by atoms with Gasteiger partial charge in [0.1, 0.15) is 18.1 Å². The molecule has 7 rings (SSSR count). The van der Waals surface area contributed by atoms with Gasteiger partial charge in [0.15, 0.2) is 5.78 Å². The number of nitrogens with one attached hydrogen (secondary N) is 1. The fraction of sp³-hybridized carbons (Fsp3) is 0.447. The quantitative estimate of drug-likeness (QED) is 0.104. The molecule has 4 N–H and O–H groups in total. The van der Waals surface area contributed by atoms with Gasteiger partial charge in [-0.25, -0.2) is 4.79 Å². The van der Waals surface area contributed by atoms with Crippen molar-refractivity contribution < 1.29 is 28.9 Å². The van der Waals surface area contributed by atoms with Crippen molar-refractivity contribution in [2.75, 3.05) is 32.9 Å². The van der Waals surface area contributed by atoms with Crippen LogP contribution in [0.15, 0.2) is 97.1 Å². The summed E-state index contributed by atoms with van der Waals surface area (Å²) in [5, 5.41) is 12.7. The first-order chi connectivity index (χ1) is 27.0. The summed E-state index contributed by atoms with van der Waals surface area (Å²) in [6.07, 6.45) is 12.8. The van der Waals surface area contributed by atoms with Crippen LogP contribution >= 0.6 is 0 Å². The van der Waals surface area contributed by atoms with E-state index in [1.807, 2.05) is 60.7 Å². The Bertz CT molecular complexity index is 1770. The molecule has 1 atom stereocenters.